The number of benzene rings is 2. The molecule has 4 nitrogen and oxygen atoms in total. The smallest absolute Gasteiger partial charge is 0.329 e. The first-order valence-electron chi connectivity index (χ1n) is 7.44. The summed E-state index contributed by atoms with van der Waals surface area (Å²) < 4.78 is 4.89. The number of ether oxygens (including phenoxy) is 1. The summed E-state index contributed by atoms with van der Waals surface area (Å²) in [5.41, 5.74) is 1.48. The van der Waals surface area contributed by atoms with Crippen LogP contribution >= 0.6 is 23.4 Å². The van der Waals surface area contributed by atoms with Gasteiger partial charge in [0.25, 0.3) is 5.91 Å². The molecule has 124 valence electrons. The minimum absolute atomic E-state index is 0.184. The summed E-state index contributed by atoms with van der Waals surface area (Å²) in [6, 6.07) is 15.7. The lowest BCUT2D eigenvalue weighted by Gasteiger charge is -2.28. The Labute approximate surface area is 149 Å². The van der Waals surface area contributed by atoms with Crippen molar-refractivity contribution >= 4 is 35.2 Å². The molecule has 2 aromatic carbocycles. The van der Waals surface area contributed by atoms with Crippen molar-refractivity contribution < 1.29 is 14.3 Å². The second-order valence-electron chi connectivity index (χ2n) is 5.35. The number of hydrogen-bond donors (Lipinski definition) is 0. The molecule has 1 amide bonds. The molecule has 0 radical (unpaired) electrons. The van der Waals surface area contributed by atoms with E-state index in [9.17, 15) is 9.59 Å². The number of carbonyl (C=O) groups excluding carboxylic acids is 2. The van der Waals surface area contributed by atoms with E-state index in [0.717, 1.165) is 5.56 Å². The number of amides is 1. The molecule has 0 unspecified atom stereocenters. The average molecular weight is 362 g/mol. The summed E-state index contributed by atoms with van der Waals surface area (Å²) in [5, 5.41) is 0.381. The summed E-state index contributed by atoms with van der Waals surface area (Å²) in [5.74, 6) is -0.0855. The van der Waals surface area contributed by atoms with Gasteiger partial charge in [-0.2, -0.15) is 0 Å². The first kappa shape index (κ1) is 16.9. The van der Waals surface area contributed by atoms with E-state index < -0.39 is 12.0 Å². The molecule has 0 aliphatic carbocycles. The molecular weight excluding hydrogens is 346 g/mol. The van der Waals surface area contributed by atoms with Gasteiger partial charge in [-0.3, -0.25) is 4.79 Å². The van der Waals surface area contributed by atoms with E-state index >= 15 is 0 Å². The third kappa shape index (κ3) is 3.28. The summed E-state index contributed by atoms with van der Waals surface area (Å²) >= 11 is 7.50. The van der Waals surface area contributed by atoms with Gasteiger partial charge in [-0.05, 0) is 29.8 Å². The molecule has 0 aromatic heterocycles. The van der Waals surface area contributed by atoms with Crippen LogP contribution in [-0.2, 0) is 9.53 Å². The Balaban J connectivity index is 1.97. The molecule has 2 aromatic rings. The predicted octanol–water partition coefficient (Wildman–Crippen LogP) is 3.77. The van der Waals surface area contributed by atoms with Crippen LogP contribution in [0.5, 0.6) is 0 Å². The van der Waals surface area contributed by atoms with E-state index in [2.05, 4.69) is 0 Å². The quantitative estimate of drug-likeness (QED) is 0.781. The van der Waals surface area contributed by atoms with Gasteiger partial charge in [-0.1, -0.05) is 41.9 Å². The molecule has 0 saturated carbocycles. The number of esters is 1. The molecule has 24 heavy (non-hydrogen) atoms. The Bertz CT molecular complexity index is 736. The fourth-order valence-electron chi connectivity index (χ4n) is 2.69. The monoisotopic (exact) mass is 361 g/mol. The third-order valence-corrected chi connectivity index (χ3v) is 5.46. The molecule has 6 heteroatoms. The molecule has 0 N–H and O–H groups in total. The summed E-state index contributed by atoms with van der Waals surface area (Å²) in [6.07, 6.45) is 0. The van der Waals surface area contributed by atoms with Crippen LogP contribution in [0.4, 0.5) is 0 Å². The minimum atomic E-state index is -0.603. The number of rotatable bonds is 3. The second kappa shape index (κ2) is 7.28. The molecule has 0 spiro atoms. The highest BCUT2D eigenvalue weighted by Crippen LogP contribution is 2.42. The highest BCUT2D eigenvalue weighted by Gasteiger charge is 2.43. The molecule has 0 bridgehead atoms. The van der Waals surface area contributed by atoms with Gasteiger partial charge in [0.2, 0.25) is 0 Å². The minimum Gasteiger partial charge on any atom is -0.467 e. The van der Waals surface area contributed by atoms with Gasteiger partial charge in [-0.25, -0.2) is 4.79 Å². The van der Waals surface area contributed by atoms with Crippen LogP contribution in [0.1, 0.15) is 21.3 Å². The van der Waals surface area contributed by atoms with Crippen molar-refractivity contribution in [1.29, 1.82) is 0 Å². The van der Waals surface area contributed by atoms with Crippen LogP contribution in [-0.4, -0.2) is 35.7 Å². The topological polar surface area (TPSA) is 46.6 Å². The summed E-state index contributed by atoms with van der Waals surface area (Å²) in [6.45, 7) is 0. The van der Waals surface area contributed by atoms with Crippen molar-refractivity contribution in [2.75, 3.05) is 12.9 Å². The molecule has 1 saturated heterocycles. The Morgan fingerprint density at radius 1 is 1.12 bits per heavy atom. The first-order chi connectivity index (χ1) is 11.6. The zero-order valence-corrected chi connectivity index (χ0v) is 14.6. The Kier molecular flexibility index (Phi) is 5.11. The molecule has 1 fully saturated rings. The number of nitrogens with zero attached hydrogens (tertiary/aromatic N) is 1. The van der Waals surface area contributed by atoms with Crippen LogP contribution in [0, 0.1) is 0 Å². The van der Waals surface area contributed by atoms with Crippen molar-refractivity contribution in [3.63, 3.8) is 0 Å². The maximum absolute atomic E-state index is 13.0. The van der Waals surface area contributed by atoms with E-state index in [1.165, 1.54) is 7.11 Å². The highest BCUT2D eigenvalue weighted by atomic mass is 35.5. The van der Waals surface area contributed by atoms with Crippen molar-refractivity contribution in [3.05, 3.63) is 70.7 Å². The number of hydrogen-bond acceptors (Lipinski definition) is 4. The SMILES string of the molecule is COC(=O)[C@H]1CS[C@@H](c2ccc(Cl)cc2)N1C(=O)c1ccccc1. The fraction of sp³-hybridized carbons (Fsp3) is 0.222. The van der Waals surface area contributed by atoms with Crippen LogP contribution in [0.2, 0.25) is 5.02 Å². The number of thioether (sulfide) groups is 1. The lowest BCUT2D eigenvalue weighted by atomic mass is 10.1. The lowest BCUT2D eigenvalue weighted by Crippen LogP contribution is -2.43. The molecule has 1 aliphatic heterocycles. The van der Waals surface area contributed by atoms with Crippen molar-refractivity contribution in [3.8, 4) is 0 Å². The van der Waals surface area contributed by atoms with Crippen molar-refractivity contribution in [2.45, 2.75) is 11.4 Å². The molecule has 3 rings (SSSR count). The van der Waals surface area contributed by atoms with Gasteiger partial charge < -0.3 is 9.64 Å². The van der Waals surface area contributed by atoms with Crippen LogP contribution < -0.4 is 0 Å². The Morgan fingerprint density at radius 2 is 1.79 bits per heavy atom. The van der Waals surface area contributed by atoms with E-state index in [1.54, 1.807) is 53.1 Å². The van der Waals surface area contributed by atoms with Gasteiger partial charge >= 0.3 is 5.97 Å². The summed E-state index contributed by atoms with van der Waals surface area (Å²) in [4.78, 5) is 26.8. The van der Waals surface area contributed by atoms with Crippen LogP contribution in [0.25, 0.3) is 0 Å². The molecule has 2 atom stereocenters. The van der Waals surface area contributed by atoms with E-state index in [0.29, 0.717) is 16.3 Å². The van der Waals surface area contributed by atoms with Gasteiger partial charge in [-0.15, -0.1) is 11.8 Å². The zero-order chi connectivity index (χ0) is 17.1. The average Bonchev–Trinajstić information content (AvgIpc) is 3.06. The van der Waals surface area contributed by atoms with Gasteiger partial charge in [0.15, 0.2) is 0 Å². The molecule has 1 heterocycles. The third-order valence-electron chi connectivity index (χ3n) is 3.88. The van der Waals surface area contributed by atoms with E-state index in [4.69, 9.17) is 16.3 Å². The van der Waals surface area contributed by atoms with Crippen LogP contribution in [0.3, 0.4) is 0 Å². The zero-order valence-electron chi connectivity index (χ0n) is 13.0. The first-order valence-corrected chi connectivity index (χ1v) is 8.87. The normalized spacial score (nSPS) is 20.0. The number of carbonyl (C=O) groups is 2. The Morgan fingerprint density at radius 3 is 2.42 bits per heavy atom. The highest BCUT2D eigenvalue weighted by molar-refractivity contribution is 7.99. The van der Waals surface area contributed by atoms with Crippen molar-refractivity contribution in [1.82, 2.24) is 4.90 Å². The van der Waals surface area contributed by atoms with E-state index in [-0.39, 0.29) is 11.3 Å². The second-order valence-corrected chi connectivity index (χ2v) is 6.90. The van der Waals surface area contributed by atoms with Crippen LogP contribution in [0.15, 0.2) is 54.6 Å². The van der Waals surface area contributed by atoms with Gasteiger partial charge in [0, 0.05) is 16.3 Å². The maximum atomic E-state index is 13.0. The molecule has 1 aliphatic rings. The molecular formula is C18H16ClNO3S. The summed E-state index contributed by atoms with van der Waals surface area (Å²) in [7, 11) is 1.34. The predicted molar refractivity (Wildman–Crippen MR) is 95.1 cm³/mol. The largest absolute Gasteiger partial charge is 0.467 e. The maximum Gasteiger partial charge on any atom is 0.329 e. The number of halogens is 1. The number of methoxy groups -OCH3 is 1. The van der Waals surface area contributed by atoms with Crippen molar-refractivity contribution in [2.24, 2.45) is 0 Å². The van der Waals surface area contributed by atoms with Gasteiger partial charge in [0.05, 0.1) is 7.11 Å². The Hall–Kier alpha value is -1.98. The van der Waals surface area contributed by atoms with E-state index in [1.807, 2.05) is 18.2 Å². The lowest BCUT2D eigenvalue weighted by molar-refractivity contribution is -0.145. The fourth-order valence-corrected chi connectivity index (χ4v) is 4.23. The standard InChI is InChI=1S/C18H16ClNO3S/c1-23-18(22)15-11-24-17(13-7-9-14(19)10-8-13)20(15)16(21)12-5-3-2-4-6-12/h2-10,15,17H,11H2,1H3/t15-,17+/m1/s1. The van der Waals surface area contributed by atoms with Gasteiger partial charge in [0.1, 0.15) is 11.4 Å².